The van der Waals surface area contributed by atoms with Gasteiger partial charge in [-0.2, -0.15) is 0 Å². The molecule has 1 aromatic heterocycles. The van der Waals surface area contributed by atoms with Crippen LogP contribution in [0, 0.1) is 0 Å². The van der Waals surface area contributed by atoms with E-state index in [-0.39, 0.29) is 11.8 Å². The van der Waals surface area contributed by atoms with Crippen molar-refractivity contribution in [2.75, 3.05) is 14.2 Å². The van der Waals surface area contributed by atoms with Crippen LogP contribution in [0.3, 0.4) is 0 Å². The summed E-state index contributed by atoms with van der Waals surface area (Å²) in [6.07, 6.45) is 2.40. The summed E-state index contributed by atoms with van der Waals surface area (Å²) in [5.74, 6) is 0.147. The van der Waals surface area contributed by atoms with Gasteiger partial charge in [-0.1, -0.05) is 12.1 Å². The van der Waals surface area contributed by atoms with Gasteiger partial charge < -0.3 is 15.8 Å². The number of hydrogen-bond acceptors (Lipinski definition) is 4. The molecule has 0 spiro atoms. The first-order valence-electron chi connectivity index (χ1n) is 8.22. The van der Waals surface area contributed by atoms with Crippen LogP contribution in [-0.2, 0) is 6.42 Å². The van der Waals surface area contributed by atoms with E-state index in [4.69, 9.17) is 10.5 Å². The van der Waals surface area contributed by atoms with Gasteiger partial charge in [-0.25, -0.2) is 4.98 Å². The van der Waals surface area contributed by atoms with Crippen LogP contribution in [0.2, 0.25) is 0 Å². The molecule has 2 amide bonds. The van der Waals surface area contributed by atoms with Gasteiger partial charge in [-0.3, -0.25) is 9.59 Å². The molecule has 0 bridgehead atoms. The Morgan fingerprint density at radius 3 is 2.48 bits per heavy atom. The van der Waals surface area contributed by atoms with Crippen LogP contribution in [-0.4, -0.2) is 31.0 Å². The van der Waals surface area contributed by atoms with Gasteiger partial charge in [0, 0.05) is 24.7 Å². The third kappa shape index (κ3) is 3.63. The van der Waals surface area contributed by atoms with Crippen LogP contribution in [0.4, 0.5) is 0 Å². The largest absolute Gasteiger partial charge is 0.497 e. The Labute approximate surface area is 146 Å². The number of nitrogens with two attached hydrogens (primary N) is 1. The van der Waals surface area contributed by atoms with E-state index < -0.39 is 5.91 Å². The predicted molar refractivity (Wildman–Crippen MR) is 93.9 cm³/mol. The Morgan fingerprint density at radius 1 is 1.28 bits per heavy atom. The number of primary amides is 1. The van der Waals surface area contributed by atoms with Crippen molar-refractivity contribution < 1.29 is 14.3 Å². The van der Waals surface area contributed by atoms with E-state index in [1.165, 1.54) is 0 Å². The number of pyridine rings is 1. The molecule has 3 rings (SSSR count). The number of carbonyl (C=O) groups excluding carboxylic acids is 2. The molecule has 1 aromatic carbocycles. The van der Waals surface area contributed by atoms with Crippen LogP contribution in [0.5, 0.6) is 5.75 Å². The lowest BCUT2D eigenvalue weighted by Crippen LogP contribution is -2.25. The zero-order valence-electron chi connectivity index (χ0n) is 14.3. The van der Waals surface area contributed by atoms with Crippen LogP contribution >= 0.6 is 0 Å². The summed E-state index contributed by atoms with van der Waals surface area (Å²) in [5, 5.41) is 2.61. The molecule has 25 heavy (non-hydrogen) atoms. The average Bonchev–Trinajstić information content (AvgIpc) is 3.45. The molecular weight excluding hydrogens is 318 g/mol. The van der Waals surface area contributed by atoms with Crippen molar-refractivity contribution in [1.82, 2.24) is 10.3 Å². The Hall–Kier alpha value is -2.89. The summed E-state index contributed by atoms with van der Waals surface area (Å²) in [7, 11) is 3.17. The van der Waals surface area contributed by atoms with Gasteiger partial charge in [-0.15, -0.1) is 0 Å². The smallest absolute Gasteiger partial charge is 0.269 e. The number of amides is 2. The van der Waals surface area contributed by atoms with Gasteiger partial charge in [0.15, 0.2) is 0 Å². The number of rotatable bonds is 6. The molecular formula is C19H21N3O3. The summed E-state index contributed by atoms with van der Waals surface area (Å²) in [5.41, 5.74) is 8.62. The molecule has 0 unspecified atom stereocenters. The minimum Gasteiger partial charge on any atom is -0.497 e. The quantitative estimate of drug-likeness (QED) is 0.842. The number of hydrogen-bond donors (Lipinski definition) is 2. The van der Waals surface area contributed by atoms with Crippen molar-refractivity contribution >= 4 is 11.8 Å². The van der Waals surface area contributed by atoms with Crippen molar-refractivity contribution in [1.29, 1.82) is 0 Å². The van der Waals surface area contributed by atoms with E-state index in [0.29, 0.717) is 28.9 Å². The molecule has 1 fully saturated rings. The number of nitrogens with zero attached hydrogens (tertiary/aromatic N) is 1. The van der Waals surface area contributed by atoms with Crippen LogP contribution in [0.25, 0.3) is 0 Å². The van der Waals surface area contributed by atoms with Gasteiger partial charge in [0.2, 0.25) is 5.91 Å². The highest BCUT2D eigenvalue weighted by Gasteiger charge is 2.33. The normalized spacial score (nSPS) is 13.4. The number of ether oxygens (including phenoxy) is 1. The van der Waals surface area contributed by atoms with Crippen molar-refractivity contribution in [3.05, 3.63) is 58.4 Å². The lowest BCUT2D eigenvalue weighted by molar-refractivity contribution is 0.0957. The Morgan fingerprint density at radius 2 is 1.96 bits per heavy atom. The second kappa shape index (κ2) is 6.93. The average molecular weight is 339 g/mol. The SMILES string of the molecule is CNC(=O)c1nc(Cc2ccc(OC)cc2)cc(C(N)=O)c1C1CC1. The molecule has 1 saturated carbocycles. The molecule has 1 aliphatic rings. The fraction of sp³-hybridized carbons (Fsp3) is 0.316. The van der Waals surface area contributed by atoms with Gasteiger partial charge in [0.1, 0.15) is 11.4 Å². The second-order valence-electron chi connectivity index (χ2n) is 6.17. The molecule has 6 nitrogen and oxygen atoms in total. The molecule has 0 atom stereocenters. The van der Waals surface area contributed by atoms with Gasteiger partial charge in [0.05, 0.1) is 7.11 Å². The van der Waals surface area contributed by atoms with Gasteiger partial charge in [-0.05, 0) is 48.1 Å². The minimum absolute atomic E-state index is 0.192. The predicted octanol–water partition coefficient (Wildman–Crippen LogP) is 2.02. The highest BCUT2D eigenvalue weighted by atomic mass is 16.5. The number of aromatic nitrogens is 1. The van der Waals surface area contributed by atoms with Gasteiger partial charge >= 0.3 is 0 Å². The third-order valence-corrected chi connectivity index (χ3v) is 4.35. The number of nitrogens with one attached hydrogen (secondary N) is 1. The maximum Gasteiger partial charge on any atom is 0.269 e. The lowest BCUT2D eigenvalue weighted by Gasteiger charge is -2.14. The fourth-order valence-electron chi connectivity index (χ4n) is 2.93. The molecule has 1 heterocycles. The Bertz CT molecular complexity index is 811. The maximum absolute atomic E-state index is 12.3. The number of benzene rings is 1. The number of carbonyl (C=O) groups is 2. The molecule has 0 saturated heterocycles. The topological polar surface area (TPSA) is 94.3 Å². The monoisotopic (exact) mass is 339 g/mol. The summed E-state index contributed by atoms with van der Waals surface area (Å²) in [4.78, 5) is 28.8. The van der Waals surface area contributed by atoms with E-state index in [2.05, 4.69) is 10.3 Å². The first kappa shape index (κ1) is 17.0. The molecule has 0 radical (unpaired) electrons. The van der Waals surface area contributed by atoms with Crippen molar-refractivity contribution in [3.63, 3.8) is 0 Å². The van der Waals surface area contributed by atoms with E-state index in [0.717, 1.165) is 24.2 Å². The highest BCUT2D eigenvalue weighted by Crippen LogP contribution is 2.43. The molecule has 6 heteroatoms. The zero-order chi connectivity index (χ0) is 18.0. The second-order valence-corrected chi connectivity index (χ2v) is 6.17. The first-order valence-corrected chi connectivity index (χ1v) is 8.22. The zero-order valence-corrected chi connectivity index (χ0v) is 14.3. The van der Waals surface area contributed by atoms with Crippen molar-refractivity contribution in [3.8, 4) is 5.75 Å². The highest BCUT2D eigenvalue weighted by molar-refractivity contribution is 6.01. The van der Waals surface area contributed by atoms with E-state index in [1.807, 2.05) is 24.3 Å². The lowest BCUT2D eigenvalue weighted by atomic mass is 9.97. The molecule has 0 aliphatic heterocycles. The Kier molecular flexibility index (Phi) is 4.70. The standard InChI is InChI=1S/C19H21N3O3/c1-21-19(24)17-16(12-5-6-12)15(18(20)23)10-13(22-17)9-11-3-7-14(25-2)8-4-11/h3-4,7-8,10,12H,5-6,9H2,1-2H3,(H2,20,23)(H,21,24). The summed E-state index contributed by atoms with van der Waals surface area (Å²) < 4.78 is 5.15. The van der Waals surface area contributed by atoms with Crippen LogP contribution < -0.4 is 15.8 Å². The summed E-state index contributed by atoms with van der Waals surface area (Å²) in [6, 6.07) is 9.30. The minimum atomic E-state index is -0.523. The molecule has 1 aliphatic carbocycles. The maximum atomic E-state index is 12.3. The van der Waals surface area contributed by atoms with Crippen LogP contribution in [0.1, 0.15) is 56.4 Å². The van der Waals surface area contributed by atoms with Crippen LogP contribution in [0.15, 0.2) is 30.3 Å². The van der Waals surface area contributed by atoms with Gasteiger partial charge in [0.25, 0.3) is 5.91 Å². The van der Waals surface area contributed by atoms with Crippen molar-refractivity contribution in [2.24, 2.45) is 5.73 Å². The first-order chi connectivity index (χ1) is 12.0. The molecule has 3 N–H and O–H groups in total. The number of methoxy groups -OCH3 is 1. The van der Waals surface area contributed by atoms with E-state index >= 15 is 0 Å². The van der Waals surface area contributed by atoms with E-state index in [1.54, 1.807) is 20.2 Å². The van der Waals surface area contributed by atoms with E-state index in [9.17, 15) is 9.59 Å². The fourth-order valence-corrected chi connectivity index (χ4v) is 2.93. The Balaban J connectivity index is 2.02. The molecule has 2 aromatic rings. The molecule has 130 valence electrons. The van der Waals surface area contributed by atoms with Crippen molar-refractivity contribution in [2.45, 2.75) is 25.2 Å². The summed E-state index contributed by atoms with van der Waals surface area (Å²) >= 11 is 0. The summed E-state index contributed by atoms with van der Waals surface area (Å²) in [6.45, 7) is 0. The third-order valence-electron chi connectivity index (χ3n) is 4.35.